The van der Waals surface area contributed by atoms with Crippen molar-refractivity contribution >= 4 is 50.6 Å². The predicted molar refractivity (Wildman–Crippen MR) is 133 cm³/mol. The molecule has 0 fully saturated rings. The average molecular weight is 533 g/mol. The molecule has 1 aliphatic heterocycles. The second kappa shape index (κ2) is 11.2. The molecule has 0 radical (unpaired) electrons. The molecular formula is C24H21N4NaO5S2. The van der Waals surface area contributed by atoms with E-state index in [1.54, 1.807) is 36.4 Å². The molecule has 2 unspecified atom stereocenters. The van der Waals surface area contributed by atoms with E-state index in [1.165, 1.54) is 31.2 Å². The number of rotatable bonds is 7. The van der Waals surface area contributed by atoms with Crippen LogP contribution in [0.3, 0.4) is 0 Å². The first kappa shape index (κ1) is 28.0. The molecule has 12 heteroatoms. The molecule has 2 N–H and O–H groups in total. The Hall–Kier alpha value is -2.54. The first-order valence-electron chi connectivity index (χ1n) is 10.5. The van der Waals surface area contributed by atoms with Crippen LogP contribution in [0.5, 0.6) is 0 Å². The summed E-state index contributed by atoms with van der Waals surface area (Å²) in [5.41, 5.74) is 2.50. The molecular weight excluding hydrogens is 511 g/mol. The van der Waals surface area contributed by atoms with Crippen LogP contribution in [-0.4, -0.2) is 30.7 Å². The zero-order valence-corrected chi connectivity index (χ0v) is 23.4. The van der Waals surface area contributed by atoms with Gasteiger partial charge in [-0.05, 0) is 55.8 Å². The minimum absolute atomic E-state index is 0. The Morgan fingerprint density at radius 2 is 1.72 bits per heavy atom. The van der Waals surface area contributed by atoms with E-state index in [2.05, 4.69) is 20.9 Å². The summed E-state index contributed by atoms with van der Waals surface area (Å²) in [6.07, 6.45) is 0. The summed E-state index contributed by atoms with van der Waals surface area (Å²) in [6.45, 7) is 3.11. The number of hydrogen-bond acceptors (Lipinski definition) is 9. The molecule has 9 nitrogen and oxygen atoms in total. The van der Waals surface area contributed by atoms with Crippen LogP contribution >= 0.6 is 11.8 Å². The van der Waals surface area contributed by atoms with Crippen molar-refractivity contribution in [3.05, 3.63) is 83.9 Å². The molecule has 0 aliphatic carbocycles. The number of para-hydroxylation sites is 1. The van der Waals surface area contributed by atoms with Gasteiger partial charge in [-0.2, -0.15) is 10.2 Å². The van der Waals surface area contributed by atoms with Crippen molar-refractivity contribution in [3.63, 3.8) is 0 Å². The Morgan fingerprint density at radius 1 is 1.06 bits per heavy atom. The van der Waals surface area contributed by atoms with E-state index in [0.29, 0.717) is 16.3 Å². The van der Waals surface area contributed by atoms with Gasteiger partial charge in [0.2, 0.25) is 10.2 Å². The van der Waals surface area contributed by atoms with Gasteiger partial charge in [0, 0.05) is 16.1 Å². The van der Waals surface area contributed by atoms with Crippen molar-refractivity contribution in [2.75, 3.05) is 10.6 Å². The number of hydrogen-bond donors (Lipinski definition) is 2. The van der Waals surface area contributed by atoms with Crippen LogP contribution in [0.4, 0.5) is 17.1 Å². The first-order valence-corrected chi connectivity index (χ1v) is 12.7. The van der Waals surface area contributed by atoms with Gasteiger partial charge in [0.05, 0.1) is 11.4 Å². The van der Waals surface area contributed by atoms with E-state index in [-0.39, 0.29) is 40.8 Å². The Kier molecular flexibility index (Phi) is 8.75. The fraction of sp³-hybridized carbons (Fsp3) is 0.167. The van der Waals surface area contributed by atoms with Gasteiger partial charge in [-0.15, -0.1) is 0 Å². The summed E-state index contributed by atoms with van der Waals surface area (Å²) in [5.74, 6) is -1.12. The molecule has 1 heterocycles. The van der Waals surface area contributed by atoms with Crippen LogP contribution in [0.15, 0.2) is 87.9 Å². The summed E-state index contributed by atoms with van der Waals surface area (Å²) in [6, 6.07) is 18.5. The quantitative estimate of drug-likeness (QED) is 0.204. The van der Waals surface area contributed by atoms with Crippen molar-refractivity contribution in [1.29, 1.82) is 0 Å². The van der Waals surface area contributed by atoms with Crippen molar-refractivity contribution in [2.24, 2.45) is 10.2 Å². The first-order chi connectivity index (χ1) is 16.6. The normalized spacial score (nSPS) is 17.5. The maximum atomic E-state index is 12.5. The van der Waals surface area contributed by atoms with E-state index in [1.807, 2.05) is 19.1 Å². The SMILES string of the molecule is CC(=O)C(N=Nc1ccc(C2(S(=O)(=O)[O-])Nc3ccc(C)cc3S2)cc1)C(=O)Nc1ccccc1.[Na+]. The van der Waals surface area contributed by atoms with Gasteiger partial charge in [-0.25, -0.2) is 8.42 Å². The average Bonchev–Trinajstić information content (AvgIpc) is 3.20. The van der Waals surface area contributed by atoms with Crippen LogP contribution in [0.2, 0.25) is 0 Å². The number of carbonyl (C=O) groups excluding carboxylic acids is 2. The van der Waals surface area contributed by atoms with Crippen LogP contribution in [0.1, 0.15) is 18.1 Å². The summed E-state index contributed by atoms with van der Waals surface area (Å²) < 4.78 is 35.1. The number of aryl methyl sites for hydroxylation is 1. The fourth-order valence-corrected chi connectivity index (χ4v) is 6.02. The Labute approximate surface area is 235 Å². The van der Waals surface area contributed by atoms with Gasteiger partial charge in [0.15, 0.2) is 5.78 Å². The van der Waals surface area contributed by atoms with Gasteiger partial charge >= 0.3 is 29.6 Å². The second-order valence-electron chi connectivity index (χ2n) is 7.93. The Balaban J connectivity index is 0.00000361. The van der Waals surface area contributed by atoms with Crippen LogP contribution in [0.25, 0.3) is 0 Å². The Bertz CT molecular complexity index is 1420. The molecule has 3 aromatic rings. The van der Waals surface area contributed by atoms with Crippen molar-refractivity contribution in [2.45, 2.75) is 29.0 Å². The molecule has 0 saturated carbocycles. The predicted octanol–water partition coefficient (Wildman–Crippen LogP) is 1.55. The number of nitrogens with one attached hydrogen (secondary N) is 2. The second-order valence-corrected chi connectivity index (χ2v) is 11.0. The summed E-state index contributed by atoms with van der Waals surface area (Å²) >= 11 is 0.927. The maximum absolute atomic E-state index is 12.5. The maximum Gasteiger partial charge on any atom is 1.00 e. The van der Waals surface area contributed by atoms with Crippen molar-refractivity contribution in [3.8, 4) is 0 Å². The van der Waals surface area contributed by atoms with Crippen LogP contribution in [0, 0.1) is 6.92 Å². The summed E-state index contributed by atoms with van der Waals surface area (Å²) in [7, 11) is -4.84. The molecule has 3 aromatic carbocycles. The molecule has 1 aliphatic rings. The molecule has 4 rings (SSSR count). The van der Waals surface area contributed by atoms with Crippen molar-refractivity contribution < 1.29 is 52.1 Å². The van der Waals surface area contributed by atoms with E-state index in [9.17, 15) is 22.6 Å². The summed E-state index contributed by atoms with van der Waals surface area (Å²) in [4.78, 5) is 25.1. The number of anilines is 2. The third-order valence-electron chi connectivity index (χ3n) is 5.25. The molecule has 1 amide bonds. The van der Waals surface area contributed by atoms with Gasteiger partial charge in [-0.1, -0.05) is 48.2 Å². The monoisotopic (exact) mass is 532 g/mol. The van der Waals surface area contributed by atoms with Gasteiger partial charge in [0.1, 0.15) is 10.1 Å². The summed E-state index contributed by atoms with van der Waals surface area (Å²) in [5, 5.41) is 13.3. The van der Waals surface area contributed by atoms with E-state index in [4.69, 9.17) is 0 Å². The topological polar surface area (TPSA) is 140 Å². The molecule has 2 atom stereocenters. The number of benzene rings is 3. The van der Waals surface area contributed by atoms with Crippen LogP contribution in [-0.2, 0) is 23.9 Å². The molecule has 0 saturated heterocycles. The van der Waals surface area contributed by atoms with Gasteiger partial charge in [0.25, 0.3) is 5.91 Å². The number of fused-ring (bicyclic) bond motifs is 1. The number of amides is 1. The third-order valence-corrected chi connectivity index (χ3v) is 8.34. The van der Waals surface area contributed by atoms with Gasteiger partial charge in [-0.3, -0.25) is 9.59 Å². The molecule has 0 aromatic heterocycles. The minimum Gasteiger partial charge on any atom is -0.745 e. The third kappa shape index (κ3) is 5.88. The number of azo groups is 1. The van der Waals surface area contributed by atoms with E-state index in [0.717, 1.165) is 17.3 Å². The molecule has 0 bridgehead atoms. The number of thioether (sulfide) groups is 1. The zero-order chi connectivity index (χ0) is 25.2. The number of ketones is 1. The number of nitrogens with zero attached hydrogens (tertiary/aromatic N) is 2. The smallest absolute Gasteiger partial charge is 0.745 e. The molecule has 36 heavy (non-hydrogen) atoms. The molecule has 180 valence electrons. The number of carbonyl (C=O) groups is 2. The fourth-order valence-electron chi connectivity index (χ4n) is 3.49. The van der Waals surface area contributed by atoms with E-state index < -0.39 is 32.1 Å². The van der Waals surface area contributed by atoms with Crippen LogP contribution < -0.4 is 40.2 Å². The largest absolute Gasteiger partial charge is 1.00 e. The minimum atomic E-state index is -4.84. The standard InChI is InChI=1S/C24H22N4O5S2.Na/c1-15-8-13-20-21(14-15)34-24(26-20,35(31,32)33)17-9-11-19(12-10-17)27-28-22(16(2)29)23(30)25-18-6-4-3-5-7-18;/h3-14,22,26H,1-2H3,(H,25,30)(H,31,32,33);/q;+1/p-1. The molecule has 0 spiro atoms. The van der Waals surface area contributed by atoms with Crippen molar-refractivity contribution in [1.82, 2.24) is 0 Å². The van der Waals surface area contributed by atoms with E-state index >= 15 is 0 Å². The van der Waals surface area contributed by atoms with Gasteiger partial charge < -0.3 is 15.2 Å². The number of Topliss-reactive ketones (excluding diaryl/α,β-unsaturated/α-hetero) is 1. The zero-order valence-electron chi connectivity index (χ0n) is 19.8. The Morgan fingerprint density at radius 3 is 2.33 bits per heavy atom.